The Hall–Kier alpha value is -2.69. The third kappa shape index (κ3) is 6.80. The summed E-state index contributed by atoms with van der Waals surface area (Å²) in [6.45, 7) is 4.40. The molecule has 0 fully saturated rings. The minimum absolute atomic E-state index is 0.208. The Morgan fingerprint density at radius 1 is 1.07 bits per heavy atom. The molecule has 1 aromatic rings. The summed E-state index contributed by atoms with van der Waals surface area (Å²) in [6, 6.07) is 7.33. The first kappa shape index (κ1) is 21.6. The molecular weight excluding hydrogens is 356 g/mol. The summed E-state index contributed by atoms with van der Waals surface area (Å²) in [5.41, 5.74) is 0.781. The van der Waals surface area contributed by atoms with Gasteiger partial charge in [-0.1, -0.05) is 57.2 Å². The van der Waals surface area contributed by atoms with Crippen LogP contribution in [0.5, 0.6) is 5.75 Å². The normalized spacial score (nSPS) is 16.8. The summed E-state index contributed by atoms with van der Waals surface area (Å²) in [6.07, 6.45) is 11.3. The minimum Gasteiger partial charge on any atom is -0.494 e. The molecule has 2 rings (SSSR count). The number of ketones is 2. The Morgan fingerprint density at radius 3 is 2.43 bits per heavy atom. The molecule has 0 unspecified atom stereocenters. The Morgan fingerprint density at radius 2 is 1.75 bits per heavy atom. The highest BCUT2D eigenvalue weighted by Gasteiger charge is 2.36. The summed E-state index contributed by atoms with van der Waals surface area (Å²) >= 11 is 0. The van der Waals surface area contributed by atoms with Gasteiger partial charge in [-0.15, -0.1) is 0 Å². The van der Waals surface area contributed by atoms with E-state index in [-0.39, 0.29) is 5.76 Å². The minimum atomic E-state index is -1.40. The van der Waals surface area contributed by atoms with Crippen LogP contribution in [0.25, 0.3) is 6.08 Å². The van der Waals surface area contributed by atoms with Crippen LogP contribution < -0.4 is 4.74 Å². The van der Waals surface area contributed by atoms with Gasteiger partial charge in [0.25, 0.3) is 0 Å². The topological polar surface area (TPSA) is 69.7 Å². The third-order valence-electron chi connectivity index (χ3n) is 4.50. The van der Waals surface area contributed by atoms with Crippen LogP contribution in [-0.2, 0) is 19.1 Å². The Bertz CT molecular complexity index is 743. The van der Waals surface area contributed by atoms with Crippen LogP contribution in [0.15, 0.2) is 42.2 Å². The van der Waals surface area contributed by atoms with Gasteiger partial charge in [0.2, 0.25) is 0 Å². The largest absolute Gasteiger partial charge is 0.494 e. The summed E-state index contributed by atoms with van der Waals surface area (Å²) in [7, 11) is 0. The third-order valence-corrected chi connectivity index (χ3v) is 4.50. The Balaban J connectivity index is 1.79. The number of allylic oxidation sites excluding steroid dienone is 3. The molecule has 1 aromatic carbocycles. The van der Waals surface area contributed by atoms with Crippen LogP contribution in [0, 0.1) is 5.92 Å². The van der Waals surface area contributed by atoms with Crippen molar-refractivity contribution >= 4 is 23.6 Å². The van der Waals surface area contributed by atoms with Crippen molar-refractivity contribution < 1.29 is 23.9 Å². The van der Waals surface area contributed by atoms with Crippen molar-refractivity contribution in [3.8, 4) is 5.75 Å². The first-order valence-electron chi connectivity index (χ1n) is 9.90. The first-order valence-corrected chi connectivity index (χ1v) is 9.90. The van der Waals surface area contributed by atoms with Crippen molar-refractivity contribution in [2.75, 3.05) is 6.61 Å². The molecule has 0 aromatic heterocycles. The van der Waals surface area contributed by atoms with Gasteiger partial charge in [-0.3, -0.25) is 14.4 Å². The Kier molecular flexibility index (Phi) is 8.66. The average molecular weight is 384 g/mol. The van der Waals surface area contributed by atoms with Gasteiger partial charge in [-0.05, 0) is 37.1 Å². The maximum absolute atomic E-state index is 12.2. The van der Waals surface area contributed by atoms with E-state index in [1.165, 1.54) is 51.2 Å². The first-order chi connectivity index (χ1) is 13.5. The lowest BCUT2D eigenvalue weighted by molar-refractivity contribution is -0.151. The molecule has 28 heavy (non-hydrogen) atoms. The predicted octanol–water partition coefficient (Wildman–Crippen LogP) is 4.65. The molecule has 1 heterocycles. The molecule has 1 aliphatic heterocycles. The highest BCUT2D eigenvalue weighted by molar-refractivity contribution is 6.25. The zero-order valence-electron chi connectivity index (χ0n) is 16.6. The van der Waals surface area contributed by atoms with Crippen molar-refractivity contribution in [1.29, 1.82) is 0 Å². The average Bonchev–Trinajstić information content (AvgIpc) is 2.66. The van der Waals surface area contributed by atoms with E-state index >= 15 is 0 Å². The number of carbonyl (C=O) groups excluding carboxylic acids is 3. The maximum atomic E-state index is 12.2. The standard InChI is InChI=1S/C23H28O5/c1-3-4-5-6-7-8-15-27-19-12-9-18(10-13-19)11-14-20(24)22-21(25)16-17(2)28-23(22)26/h9-14,16,22H,3-8,15H2,1-2H3/b14-11+/t22-/m1/s1. The van der Waals surface area contributed by atoms with Gasteiger partial charge < -0.3 is 9.47 Å². The number of carbonyl (C=O) groups is 3. The zero-order chi connectivity index (χ0) is 20.4. The molecule has 5 heteroatoms. The van der Waals surface area contributed by atoms with E-state index in [4.69, 9.17) is 9.47 Å². The second-order valence-corrected chi connectivity index (χ2v) is 6.93. The van der Waals surface area contributed by atoms with Crippen molar-refractivity contribution in [2.45, 2.75) is 52.4 Å². The van der Waals surface area contributed by atoms with Crippen LogP contribution in [0.2, 0.25) is 0 Å². The van der Waals surface area contributed by atoms with E-state index in [2.05, 4.69) is 6.92 Å². The SMILES string of the molecule is CCCCCCCCOc1ccc(/C=C/C(=O)[C@@H]2C(=O)C=C(C)OC2=O)cc1. The molecule has 0 saturated carbocycles. The lowest BCUT2D eigenvalue weighted by Gasteiger charge is -2.15. The van der Waals surface area contributed by atoms with Crippen molar-refractivity contribution in [3.05, 3.63) is 47.7 Å². The molecule has 0 N–H and O–H groups in total. The molecule has 0 radical (unpaired) electrons. The number of hydrogen-bond acceptors (Lipinski definition) is 5. The Labute approximate surface area is 166 Å². The van der Waals surface area contributed by atoms with Gasteiger partial charge in [-0.25, -0.2) is 0 Å². The fourth-order valence-corrected chi connectivity index (χ4v) is 2.93. The smallest absolute Gasteiger partial charge is 0.329 e. The lowest BCUT2D eigenvalue weighted by Crippen LogP contribution is -2.34. The van der Waals surface area contributed by atoms with Crippen LogP contribution in [0.4, 0.5) is 0 Å². The molecule has 1 aliphatic rings. The number of rotatable bonds is 11. The lowest BCUT2D eigenvalue weighted by atomic mass is 9.96. The summed E-state index contributed by atoms with van der Waals surface area (Å²) < 4.78 is 10.6. The fourth-order valence-electron chi connectivity index (χ4n) is 2.93. The number of benzene rings is 1. The van der Waals surface area contributed by atoms with Crippen molar-refractivity contribution in [1.82, 2.24) is 0 Å². The van der Waals surface area contributed by atoms with Crippen LogP contribution in [-0.4, -0.2) is 24.1 Å². The monoisotopic (exact) mass is 384 g/mol. The number of esters is 1. The second-order valence-electron chi connectivity index (χ2n) is 6.93. The van der Waals surface area contributed by atoms with E-state index in [1.807, 2.05) is 24.3 Å². The molecule has 0 saturated heterocycles. The molecule has 0 spiro atoms. The summed E-state index contributed by atoms with van der Waals surface area (Å²) in [5.74, 6) is -2.36. The van der Waals surface area contributed by atoms with E-state index < -0.39 is 23.5 Å². The molecule has 5 nitrogen and oxygen atoms in total. The van der Waals surface area contributed by atoms with Gasteiger partial charge in [0.1, 0.15) is 11.5 Å². The van der Waals surface area contributed by atoms with Gasteiger partial charge in [-0.2, -0.15) is 0 Å². The van der Waals surface area contributed by atoms with E-state index in [9.17, 15) is 14.4 Å². The van der Waals surface area contributed by atoms with E-state index in [0.717, 1.165) is 17.7 Å². The van der Waals surface area contributed by atoms with E-state index in [0.29, 0.717) is 6.61 Å². The fraction of sp³-hybridized carbons (Fsp3) is 0.435. The summed E-state index contributed by atoms with van der Waals surface area (Å²) in [5, 5.41) is 0. The number of ether oxygens (including phenoxy) is 2. The van der Waals surface area contributed by atoms with Gasteiger partial charge in [0.05, 0.1) is 6.61 Å². The predicted molar refractivity (Wildman–Crippen MR) is 108 cm³/mol. The summed E-state index contributed by atoms with van der Waals surface area (Å²) in [4.78, 5) is 35.8. The quantitative estimate of drug-likeness (QED) is 0.240. The molecule has 150 valence electrons. The van der Waals surface area contributed by atoms with Crippen LogP contribution in [0.3, 0.4) is 0 Å². The highest BCUT2D eigenvalue weighted by atomic mass is 16.5. The molecule has 1 atom stereocenters. The van der Waals surface area contributed by atoms with Crippen molar-refractivity contribution in [3.63, 3.8) is 0 Å². The highest BCUT2D eigenvalue weighted by Crippen LogP contribution is 2.18. The van der Waals surface area contributed by atoms with Gasteiger partial charge in [0, 0.05) is 6.08 Å². The van der Waals surface area contributed by atoms with Crippen LogP contribution >= 0.6 is 0 Å². The molecule has 0 bridgehead atoms. The van der Waals surface area contributed by atoms with Gasteiger partial charge >= 0.3 is 5.97 Å². The molecule has 0 aliphatic carbocycles. The molecule has 0 amide bonds. The van der Waals surface area contributed by atoms with Crippen LogP contribution in [0.1, 0.15) is 57.9 Å². The molecular formula is C23H28O5. The number of cyclic esters (lactones) is 1. The van der Waals surface area contributed by atoms with Crippen molar-refractivity contribution in [2.24, 2.45) is 5.92 Å². The van der Waals surface area contributed by atoms with Gasteiger partial charge in [0.15, 0.2) is 17.5 Å². The second kappa shape index (κ2) is 11.2. The van der Waals surface area contributed by atoms with E-state index in [1.54, 1.807) is 6.08 Å². The zero-order valence-corrected chi connectivity index (χ0v) is 16.6. The number of hydrogen-bond donors (Lipinski definition) is 0. The number of unbranched alkanes of at least 4 members (excludes halogenated alkanes) is 5. The maximum Gasteiger partial charge on any atom is 0.329 e.